The lowest BCUT2D eigenvalue weighted by atomic mass is 10.0. The molecule has 0 amide bonds. The van der Waals surface area contributed by atoms with Crippen molar-refractivity contribution in [3.05, 3.63) is 16.9 Å². The third kappa shape index (κ3) is 3.14. The Morgan fingerprint density at radius 1 is 1.29 bits per heavy atom. The minimum Gasteiger partial charge on any atom is -0.397 e. The van der Waals surface area contributed by atoms with Crippen molar-refractivity contribution in [2.45, 2.75) is 44.6 Å². The minimum atomic E-state index is 0.564. The molecule has 0 spiro atoms. The average molecular weight is 392 g/mol. The Labute approximate surface area is 151 Å². The van der Waals surface area contributed by atoms with E-state index in [0.29, 0.717) is 6.04 Å². The maximum atomic E-state index is 6.19. The smallest absolute Gasteiger partial charge is 0.141 e. The van der Waals surface area contributed by atoms with Crippen molar-refractivity contribution < 1.29 is 0 Å². The van der Waals surface area contributed by atoms with Gasteiger partial charge in [0.1, 0.15) is 5.65 Å². The number of rotatable bonds is 4. The normalized spacial score (nSPS) is 22.5. The number of aromatic amines is 1. The highest BCUT2D eigenvalue weighted by Gasteiger charge is 2.25. The number of piperidine rings is 1. The number of halogens is 1. The van der Waals surface area contributed by atoms with Gasteiger partial charge in [-0.2, -0.15) is 0 Å². The number of fused-ring (bicyclic) bond motifs is 1. The van der Waals surface area contributed by atoms with E-state index in [9.17, 15) is 0 Å². The fraction of sp³-hybridized carbons (Fsp3) is 0.611. The molecule has 1 aliphatic carbocycles. The van der Waals surface area contributed by atoms with Gasteiger partial charge in [0, 0.05) is 31.5 Å². The van der Waals surface area contributed by atoms with Crippen molar-refractivity contribution in [2.24, 2.45) is 5.92 Å². The van der Waals surface area contributed by atoms with Crippen LogP contribution in [-0.4, -0.2) is 35.6 Å². The van der Waals surface area contributed by atoms with E-state index in [-0.39, 0.29) is 0 Å². The van der Waals surface area contributed by atoms with Crippen LogP contribution in [0.4, 0.5) is 11.4 Å². The third-order valence-corrected chi connectivity index (χ3v) is 6.15. The van der Waals surface area contributed by atoms with Crippen molar-refractivity contribution in [3.8, 4) is 0 Å². The number of nitrogens with one attached hydrogen (secondary N) is 2. The van der Waals surface area contributed by atoms with Crippen molar-refractivity contribution in [1.29, 1.82) is 0 Å². The summed E-state index contributed by atoms with van der Waals surface area (Å²) in [5.74, 6) is 0.889. The second-order valence-electron chi connectivity index (χ2n) is 7.27. The summed E-state index contributed by atoms with van der Waals surface area (Å²) < 4.78 is 1.03. The molecule has 3 heterocycles. The molecular formula is C18H26BrN5. The van der Waals surface area contributed by atoms with Crippen LogP contribution in [0.1, 0.15) is 38.5 Å². The van der Waals surface area contributed by atoms with Crippen LogP contribution in [-0.2, 0) is 0 Å². The van der Waals surface area contributed by atoms with E-state index in [1.165, 1.54) is 50.8 Å². The number of nitrogens with zero attached hydrogens (tertiary/aromatic N) is 2. The summed E-state index contributed by atoms with van der Waals surface area (Å²) in [6, 6.07) is 0.564. The molecule has 5 nitrogen and oxygen atoms in total. The molecular weight excluding hydrogens is 366 g/mol. The van der Waals surface area contributed by atoms with Crippen molar-refractivity contribution in [3.63, 3.8) is 0 Å². The molecule has 2 aromatic rings. The first-order chi connectivity index (χ1) is 11.7. The van der Waals surface area contributed by atoms with E-state index >= 15 is 0 Å². The predicted molar refractivity (Wildman–Crippen MR) is 103 cm³/mol. The van der Waals surface area contributed by atoms with Gasteiger partial charge in [0.2, 0.25) is 0 Å². The molecule has 1 atom stereocenters. The Hall–Kier alpha value is -1.27. The van der Waals surface area contributed by atoms with Crippen LogP contribution in [0.25, 0.3) is 11.0 Å². The largest absolute Gasteiger partial charge is 0.397 e. The van der Waals surface area contributed by atoms with Gasteiger partial charge in [-0.05, 0) is 54.1 Å². The maximum absolute atomic E-state index is 6.19. The van der Waals surface area contributed by atoms with Crippen molar-refractivity contribution in [2.75, 3.05) is 30.3 Å². The first-order valence-electron chi connectivity index (χ1n) is 9.12. The molecule has 130 valence electrons. The van der Waals surface area contributed by atoms with Gasteiger partial charge in [0.05, 0.1) is 21.2 Å². The summed E-state index contributed by atoms with van der Waals surface area (Å²) >= 11 is 3.69. The maximum Gasteiger partial charge on any atom is 0.141 e. The van der Waals surface area contributed by atoms with Crippen LogP contribution < -0.4 is 16.0 Å². The molecule has 6 heteroatoms. The summed E-state index contributed by atoms with van der Waals surface area (Å²) in [7, 11) is 0. The van der Waals surface area contributed by atoms with E-state index < -0.39 is 0 Å². The zero-order valence-corrected chi connectivity index (χ0v) is 15.6. The predicted octanol–water partition coefficient (Wildman–Crippen LogP) is 3.66. The monoisotopic (exact) mass is 391 g/mol. The van der Waals surface area contributed by atoms with Gasteiger partial charge >= 0.3 is 0 Å². The first-order valence-corrected chi connectivity index (χ1v) is 9.91. The van der Waals surface area contributed by atoms with E-state index in [4.69, 9.17) is 5.73 Å². The van der Waals surface area contributed by atoms with Gasteiger partial charge in [0.25, 0.3) is 0 Å². The second-order valence-corrected chi connectivity index (χ2v) is 8.12. The van der Waals surface area contributed by atoms with E-state index in [2.05, 4.69) is 36.1 Å². The fourth-order valence-electron chi connectivity index (χ4n) is 4.28. The molecule has 2 aromatic heterocycles. The molecule has 0 radical (unpaired) electrons. The summed E-state index contributed by atoms with van der Waals surface area (Å²) in [5, 5.41) is 4.87. The number of hydrogen-bond acceptors (Lipinski definition) is 4. The minimum absolute atomic E-state index is 0.564. The zero-order chi connectivity index (χ0) is 16.5. The highest BCUT2D eigenvalue weighted by molar-refractivity contribution is 9.10. The first kappa shape index (κ1) is 16.2. The zero-order valence-electron chi connectivity index (χ0n) is 14.0. The standard InChI is InChI=1S/C18H26BrN5/c19-14-9-22-18-16(15(20)10-23-18)17(14)24-7-3-6-13(11-24)21-8-12-4-1-2-5-12/h9-10,12-13,21H,1-8,11,20H2,(H,22,23)/t13-/m1/s1. The Morgan fingerprint density at radius 2 is 2.12 bits per heavy atom. The van der Waals surface area contributed by atoms with E-state index in [1.807, 2.05) is 12.4 Å². The van der Waals surface area contributed by atoms with Crippen LogP contribution in [0.15, 0.2) is 16.9 Å². The Bertz CT molecular complexity index is 707. The number of nitrogen functional groups attached to an aromatic ring is 1. The van der Waals surface area contributed by atoms with Crippen LogP contribution >= 0.6 is 15.9 Å². The van der Waals surface area contributed by atoms with Gasteiger partial charge < -0.3 is 20.9 Å². The Morgan fingerprint density at radius 3 is 2.96 bits per heavy atom. The quantitative estimate of drug-likeness (QED) is 0.743. The fourth-order valence-corrected chi connectivity index (χ4v) is 4.83. The SMILES string of the molecule is Nc1c[nH]c2ncc(Br)c(N3CCC[C@@H](NCC4CCCC4)C3)c12. The van der Waals surface area contributed by atoms with Gasteiger partial charge in [-0.25, -0.2) is 4.98 Å². The number of anilines is 2. The molecule has 4 rings (SSSR count). The average Bonchev–Trinajstić information content (AvgIpc) is 3.24. The Kier molecular flexibility index (Phi) is 4.68. The Balaban J connectivity index is 1.51. The van der Waals surface area contributed by atoms with Gasteiger partial charge in [-0.15, -0.1) is 0 Å². The van der Waals surface area contributed by atoms with Crippen LogP contribution in [0.5, 0.6) is 0 Å². The molecule has 1 saturated heterocycles. The van der Waals surface area contributed by atoms with Gasteiger partial charge in [-0.1, -0.05) is 12.8 Å². The highest BCUT2D eigenvalue weighted by atomic mass is 79.9. The van der Waals surface area contributed by atoms with E-state index in [0.717, 1.165) is 40.2 Å². The van der Waals surface area contributed by atoms with Crippen LogP contribution in [0, 0.1) is 5.92 Å². The van der Waals surface area contributed by atoms with E-state index in [1.54, 1.807) is 0 Å². The summed E-state index contributed by atoms with van der Waals surface area (Å²) in [6.07, 6.45) is 11.8. The number of pyridine rings is 1. The van der Waals surface area contributed by atoms with Crippen LogP contribution in [0.3, 0.4) is 0 Å². The van der Waals surface area contributed by atoms with Crippen molar-refractivity contribution in [1.82, 2.24) is 15.3 Å². The highest BCUT2D eigenvalue weighted by Crippen LogP contribution is 2.37. The summed E-state index contributed by atoms with van der Waals surface area (Å²) in [5.41, 5.74) is 9.02. The molecule has 0 bridgehead atoms. The third-order valence-electron chi connectivity index (χ3n) is 5.57. The lowest BCUT2D eigenvalue weighted by Gasteiger charge is -2.36. The summed E-state index contributed by atoms with van der Waals surface area (Å²) in [6.45, 7) is 3.29. The molecule has 1 aliphatic heterocycles. The lowest BCUT2D eigenvalue weighted by molar-refractivity contribution is 0.383. The summed E-state index contributed by atoms with van der Waals surface area (Å²) in [4.78, 5) is 10.1. The van der Waals surface area contributed by atoms with Crippen molar-refractivity contribution >= 4 is 38.3 Å². The molecule has 2 aliphatic rings. The number of nitrogens with two attached hydrogens (primary N) is 1. The van der Waals surface area contributed by atoms with Gasteiger partial charge in [0.15, 0.2) is 0 Å². The molecule has 0 unspecified atom stereocenters. The second kappa shape index (κ2) is 6.92. The molecule has 4 N–H and O–H groups in total. The molecule has 2 fully saturated rings. The molecule has 24 heavy (non-hydrogen) atoms. The number of hydrogen-bond donors (Lipinski definition) is 3. The van der Waals surface area contributed by atoms with Crippen LogP contribution in [0.2, 0.25) is 0 Å². The topological polar surface area (TPSA) is 70.0 Å². The lowest BCUT2D eigenvalue weighted by Crippen LogP contribution is -2.47. The van der Waals surface area contributed by atoms with Gasteiger partial charge in [-0.3, -0.25) is 0 Å². The number of aromatic nitrogens is 2. The molecule has 0 aromatic carbocycles. The molecule has 1 saturated carbocycles. The number of H-pyrrole nitrogens is 1.